The zero-order valence-electron chi connectivity index (χ0n) is 10.7. The Morgan fingerprint density at radius 3 is 2.81 bits per heavy atom. The van der Waals surface area contributed by atoms with Crippen molar-refractivity contribution < 1.29 is 14.3 Å². The number of carbonyl (C=O) groups is 1. The van der Waals surface area contributed by atoms with E-state index in [0.717, 1.165) is 0 Å². The van der Waals surface area contributed by atoms with Crippen molar-refractivity contribution in [1.82, 2.24) is 9.78 Å². The van der Waals surface area contributed by atoms with Crippen LogP contribution in [0.25, 0.3) is 17.1 Å². The van der Waals surface area contributed by atoms with Gasteiger partial charge in [0.2, 0.25) is 0 Å². The molecule has 21 heavy (non-hydrogen) atoms. The molecule has 0 saturated carbocycles. The van der Waals surface area contributed by atoms with Crippen molar-refractivity contribution in [2.45, 2.75) is 0 Å². The van der Waals surface area contributed by atoms with Crippen LogP contribution in [0.1, 0.15) is 16.1 Å². The molecule has 2 aromatic heterocycles. The summed E-state index contributed by atoms with van der Waals surface area (Å²) in [6, 6.07) is 13.4. The fourth-order valence-corrected chi connectivity index (χ4v) is 1.98. The van der Waals surface area contributed by atoms with Gasteiger partial charge in [0.1, 0.15) is 5.69 Å². The molecule has 0 atom stereocenters. The van der Waals surface area contributed by atoms with Crippen LogP contribution >= 0.6 is 0 Å². The highest BCUT2D eigenvalue weighted by Gasteiger charge is 2.18. The lowest BCUT2D eigenvalue weighted by molar-refractivity contribution is 0.0687. The molecule has 0 saturated heterocycles. The van der Waals surface area contributed by atoms with Gasteiger partial charge >= 0.3 is 5.97 Å². The molecule has 0 aliphatic carbocycles. The Morgan fingerprint density at radius 1 is 1.29 bits per heavy atom. The minimum absolute atomic E-state index is 0.00325. The predicted octanol–water partition coefficient (Wildman–Crippen LogP) is 2.70. The van der Waals surface area contributed by atoms with Gasteiger partial charge in [-0.1, -0.05) is 6.07 Å². The molecule has 0 fully saturated rings. The van der Waals surface area contributed by atoms with Gasteiger partial charge in [-0.2, -0.15) is 10.4 Å². The molecule has 0 spiro atoms. The Labute approximate surface area is 119 Å². The Kier molecular flexibility index (Phi) is 3.01. The van der Waals surface area contributed by atoms with E-state index in [1.54, 1.807) is 36.4 Å². The van der Waals surface area contributed by atoms with Crippen LogP contribution in [0.4, 0.5) is 0 Å². The summed E-state index contributed by atoms with van der Waals surface area (Å²) in [6.45, 7) is 0. The highest BCUT2D eigenvalue weighted by Crippen LogP contribution is 2.22. The zero-order valence-corrected chi connectivity index (χ0v) is 10.7. The van der Waals surface area contributed by atoms with Crippen LogP contribution in [-0.4, -0.2) is 20.9 Å². The maximum Gasteiger partial charge on any atom is 0.354 e. The quantitative estimate of drug-likeness (QED) is 0.795. The smallest absolute Gasteiger partial charge is 0.354 e. The fourth-order valence-electron chi connectivity index (χ4n) is 1.98. The van der Waals surface area contributed by atoms with Crippen LogP contribution in [0.3, 0.4) is 0 Å². The second-order valence-electron chi connectivity index (χ2n) is 4.27. The number of benzene rings is 1. The first-order valence-electron chi connectivity index (χ1n) is 6.07. The number of aromatic nitrogens is 2. The highest BCUT2D eigenvalue weighted by atomic mass is 16.4. The SMILES string of the molecule is N#Cc1cccc(-n2nc(-c3ccco3)cc2C(=O)O)c1. The van der Waals surface area contributed by atoms with Crippen molar-refractivity contribution >= 4 is 5.97 Å². The van der Waals surface area contributed by atoms with Gasteiger partial charge in [0.25, 0.3) is 0 Å². The monoisotopic (exact) mass is 279 g/mol. The molecule has 1 aromatic carbocycles. The van der Waals surface area contributed by atoms with E-state index in [1.807, 2.05) is 6.07 Å². The standard InChI is InChI=1S/C15H9N3O3/c16-9-10-3-1-4-11(7-10)18-13(15(19)20)8-12(17-18)14-5-2-6-21-14/h1-8H,(H,19,20). The van der Waals surface area contributed by atoms with E-state index in [0.29, 0.717) is 22.7 Å². The molecular formula is C15H9N3O3. The number of furan rings is 1. The molecule has 0 radical (unpaired) electrons. The van der Waals surface area contributed by atoms with Crippen molar-refractivity contribution in [2.24, 2.45) is 0 Å². The third-order valence-corrected chi connectivity index (χ3v) is 2.92. The second-order valence-corrected chi connectivity index (χ2v) is 4.27. The van der Waals surface area contributed by atoms with Gasteiger partial charge in [0, 0.05) is 6.07 Å². The van der Waals surface area contributed by atoms with E-state index in [2.05, 4.69) is 5.10 Å². The molecule has 0 aliphatic heterocycles. The molecule has 0 amide bonds. The first-order chi connectivity index (χ1) is 10.2. The fraction of sp³-hybridized carbons (Fsp3) is 0. The van der Waals surface area contributed by atoms with Crippen molar-refractivity contribution in [2.75, 3.05) is 0 Å². The number of rotatable bonds is 3. The molecule has 102 valence electrons. The van der Waals surface area contributed by atoms with Crippen LogP contribution in [0, 0.1) is 11.3 Å². The van der Waals surface area contributed by atoms with Crippen LogP contribution in [0.5, 0.6) is 0 Å². The first-order valence-corrected chi connectivity index (χ1v) is 6.07. The van der Waals surface area contributed by atoms with Crippen LogP contribution in [0.2, 0.25) is 0 Å². The van der Waals surface area contributed by atoms with Gasteiger partial charge in [-0.05, 0) is 30.3 Å². The normalized spacial score (nSPS) is 10.2. The van der Waals surface area contributed by atoms with E-state index >= 15 is 0 Å². The summed E-state index contributed by atoms with van der Waals surface area (Å²) < 4.78 is 6.51. The number of carboxylic acid groups (broad SMARTS) is 1. The first kappa shape index (κ1) is 12.7. The van der Waals surface area contributed by atoms with Gasteiger partial charge in [-0.25, -0.2) is 9.48 Å². The van der Waals surface area contributed by atoms with Crippen LogP contribution < -0.4 is 0 Å². The van der Waals surface area contributed by atoms with E-state index in [4.69, 9.17) is 9.68 Å². The minimum Gasteiger partial charge on any atom is -0.477 e. The molecule has 0 bridgehead atoms. The zero-order chi connectivity index (χ0) is 14.8. The Bertz CT molecular complexity index is 841. The molecule has 6 heteroatoms. The second kappa shape index (κ2) is 4.98. The summed E-state index contributed by atoms with van der Waals surface area (Å²) in [5.74, 6) is -0.629. The number of aromatic carboxylic acids is 1. The number of nitrogens with zero attached hydrogens (tertiary/aromatic N) is 3. The maximum absolute atomic E-state index is 11.4. The molecule has 3 aromatic rings. The third-order valence-electron chi connectivity index (χ3n) is 2.92. The Balaban J connectivity index is 2.17. The minimum atomic E-state index is -1.11. The molecule has 0 unspecified atom stereocenters. The van der Waals surface area contributed by atoms with E-state index in [9.17, 15) is 9.90 Å². The van der Waals surface area contributed by atoms with E-state index in [1.165, 1.54) is 17.0 Å². The van der Waals surface area contributed by atoms with Gasteiger partial charge in [-0.3, -0.25) is 0 Å². The predicted molar refractivity (Wildman–Crippen MR) is 72.9 cm³/mol. The topological polar surface area (TPSA) is 92.0 Å². The summed E-state index contributed by atoms with van der Waals surface area (Å²) in [4.78, 5) is 11.4. The summed E-state index contributed by atoms with van der Waals surface area (Å²) in [7, 11) is 0. The lowest BCUT2D eigenvalue weighted by atomic mass is 10.2. The van der Waals surface area contributed by atoms with E-state index < -0.39 is 5.97 Å². The number of hydrogen-bond donors (Lipinski definition) is 1. The molecular weight excluding hydrogens is 270 g/mol. The van der Waals surface area contributed by atoms with Crippen molar-refractivity contribution in [3.8, 4) is 23.2 Å². The van der Waals surface area contributed by atoms with Crippen molar-refractivity contribution in [1.29, 1.82) is 5.26 Å². The van der Waals surface area contributed by atoms with E-state index in [-0.39, 0.29) is 5.69 Å². The van der Waals surface area contributed by atoms with Crippen LogP contribution in [-0.2, 0) is 0 Å². The van der Waals surface area contributed by atoms with Crippen LogP contribution in [0.15, 0.2) is 53.1 Å². The lowest BCUT2D eigenvalue weighted by Gasteiger charge is -2.04. The summed E-state index contributed by atoms with van der Waals surface area (Å²) in [6.07, 6.45) is 1.49. The lowest BCUT2D eigenvalue weighted by Crippen LogP contribution is -2.07. The molecule has 2 heterocycles. The van der Waals surface area contributed by atoms with Gasteiger partial charge in [0.15, 0.2) is 11.5 Å². The maximum atomic E-state index is 11.4. The summed E-state index contributed by atoms with van der Waals surface area (Å²) in [5.41, 5.74) is 1.35. The third kappa shape index (κ3) is 2.28. The largest absolute Gasteiger partial charge is 0.477 e. The number of nitriles is 1. The van der Waals surface area contributed by atoms with Gasteiger partial charge in [0.05, 0.1) is 23.6 Å². The summed E-state index contributed by atoms with van der Waals surface area (Å²) >= 11 is 0. The average Bonchev–Trinajstić information content (AvgIpc) is 3.16. The molecule has 0 aliphatic rings. The molecule has 6 nitrogen and oxygen atoms in total. The molecule has 3 rings (SSSR count). The Hall–Kier alpha value is -3.33. The highest BCUT2D eigenvalue weighted by molar-refractivity contribution is 5.87. The Morgan fingerprint density at radius 2 is 2.14 bits per heavy atom. The summed E-state index contributed by atoms with van der Waals surface area (Å²) in [5, 5.41) is 22.5. The van der Waals surface area contributed by atoms with Crippen molar-refractivity contribution in [3.63, 3.8) is 0 Å². The molecule has 1 N–H and O–H groups in total. The number of hydrogen-bond acceptors (Lipinski definition) is 4. The van der Waals surface area contributed by atoms with Gasteiger partial charge in [-0.15, -0.1) is 0 Å². The van der Waals surface area contributed by atoms with Gasteiger partial charge < -0.3 is 9.52 Å². The number of carboxylic acids is 1. The van der Waals surface area contributed by atoms with Crippen molar-refractivity contribution in [3.05, 3.63) is 60.0 Å². The average molecular weight is 279 g/mol.